The number of thioether (sulfide) groups is 1. The fraction of sp³-hybridized carbons (Fsp3) is 0.188. The van der Waals surface area contributed by atoms with Gasteiger partial charge in [-0.2, -0.15) is 13.2 Å². The highest BCUT2D eigenvalue weighted by molar-refractivity contribution is 8.00. The lowest BCUT2D eigenvalue weighted by molar-refractivity contribution is -0.137. The zero-order valence-corrected chi connectivity index (χ0v) is 15.5. The number of benzene rings is 1. The lowest BCUT2D eigenvalue weighted by Crippen LogP contribution is -2.23. The van der Waals surface area contributed by atoms with Crippen molar-refractivity contribution >= 4 is 40.6 Å². The van der Waals surface area contributed by atoms with Gasteiger partial charge in [-0.15, -0.1) is 10.2 Å². The quantitative estimate of drug-likeness (QED) is 0.471. The first-order valence-electron chi connectivity index (χ1n) is 7.60. The molecule has 148 valence electrons. The Bertz CT molecular complexity index is 1060. The first-order valence-corrected chi connectivity index (χ1v) is 8.86. The van der Waals surface area contributed by atoms with Gasteiger partial charge in [0.15, 0.2) is 10.8 Å². The monoisotopic (exact) mass is 436 g/mol. The number of pyridine rings is 1. The van der Waals surface area contributed by atoms with E-state index in [2.05, 4.69) is 15.5 Å². The van der Waals surface area contributed by atoms with Crippen LogP contribution in [-0.4, -0.2) is 25.8 Å². The molecule has 0 aliphatic rings. The van der Waals surface area contributed by atoms with Crippen LogP contribution in [0.1, 0.15) is 12.5 Å². The Balaban J connectivity index is 1.83. The van der Waals surface area contributed by atoms with E-state index < -0.39 is 34.5 Å². The first kappa shape index (κ1) is 20.3. The van der Waals surface area contributed by atoms with E-state index in [4.69, 9.17) is 11.6 Å². The average molecular weight is 437 g/mol. The van der Waals surface area contributed by atoms with Crippen LogP contribution in [0.5, 0.6) is 0 Å². The summed E-state index contributed by atoms with van der Waals surface area (Å²) < 4.78 is 66.6. The number of alkyl halides is 3. The van der Waals surface area contributed by atoms with Crippen LogP contribution in [0.2, 0.25) is 5.02 Å². The van der Waals surface area contributed by atoms with Crippen molar-refractivity contribution in [3.63, 3.8) is 0 Å². The molecule has 1 aromatic carbocycles. The van der Waals surface area contributed by atoms with Crippen LogP contribution in [0, 0.1) is 11.6 Å². The lowest BCUT2D eigenvalue weighted by Gasteiger charge is -2.12. The highest BCUT2D eigenvalue weighted by Gasteiger charge is 2.32. The van der Waals surface area contributed by atoms with Crippen LogP contribution in [0.25, 0.3) is 5.65 Å². The number of aromatic nitrogens is 3. The smallest absolute Gasteiger partial charge is 0.323 e. The first-order chi connectivity index (χ1) is 13.1. The Hall–Kier alpha value is -2.40. The van der Waals surface area contributed by atoms with E-state index in [1.807, 2.05) is 0 Å². The van der Waals surface area contributed by atoms with Gasteiger partial charge in [0, 0.05) is 12.3 Å². The molecule has 0 aliphatic carbocycles. The molecule has 0 aliphatic heterocycles. The van der Waals surface area contributed by atoms with Crippen molar-refractivity contribution < 1.29 is 26.7 Å². The summed E-state index contributed by atoms with van der Waals surface area (Å²) in [6.07, 6.45) is -3.86. The van der Waals surface area contributed by atoms with E-state index in [9.17, 15) is 26.7 Å². The average Bonchev–Trinajstić information content (AvgIpc) is 3.00. The largest absolute Gasteiger partial charge is 0.417 e. The Morgan fingerprint density at radius 2 is 1.96 bits per heavy atom. The van der Waals surface area contributed by atoms with Gasteiger partial charge in [-0.3, -0.25) is 9.20 Å². The second-order valence-corrected chi connectivity index (χ2v) is 7.34. The Kier molecular flexibility index (Phi) is 5.48. The highest BCUT2D eigenvalue weighted by atomic mass is 35.5. The second kappa shape index (κ2) is 7.55. The third-order valence-corrected chi connectivity index (χ3v) is 4.93. The summed E-state index contributed by atoms with van der Waals surface area (Å²) in [6.45, 7) is 1.44. The van der Waals surface area contributed by atoms with Crippen molar-refractivity contribution in [3.05, 3.63) is 52.7 Å². The number of amides is 1. The van der Waals surface area contributed by atoms with Crippen LogP contribution < -0.4 is 5.32 Å². The van der Waals surface area contributed by atoms with Crippen LogP contribution in [0.4, 0.5) is 27.6 Å². The molecule has 2 aromatic heterocycles. The molecule has 0 saturated heterocycles. The molecule has 5 nitrogen and oxygen atoms in total. The summed E-state index contributed by atoms with van der Waals surface area (Å²) in [5, 5.41) is 8.62. The fourth-order valence-electron chi connectivity index (χ4n) is 2.21. The van der Waals surface area contributed by atoms with Gasteiger partial charge in [-0.25, -0.2) is 8.78 Å². The number of nitrogens with zero attached hydrogens (tertiary/aromatic N) is 3. The topological polar surface area (TPSA) is 59.3 Å². The Labute approximate surface area is 163 Å². The van der Waals surface area contributed by atoms with Gasteiger partial charge in [0.1, 0.15) is 11.6 Å². The molecule has 0 fully saturated rings. The predicted octanol–water partition coefficient (Wildman–Crippen LogP) is 4.80. The zero-order valence-electron chi connectivity index (χ0n) is 13.9. The maximum atomic E-state index is 13.7. The van der Waals surface area contributed by atoms with Gasteiger partial charge in [-0.05, 0) is 25.1 Å². The van der Waals surface area contributed by atoms with Crippen molar-refractivity contribution in [2.45, 2.75) is 23.5 Å². The summed E-state index contributed by atoms with van der Waals surface area (Å²) >= 11 is 6.63. The number of nitrogens with one attached hydrogen (secondary N) is 1. The van der Waals surface area contributed by atoms with Crippen molar-refractivity contribution in [1.82, 2.24) is 14.6 Å². The molecule has 1 unspecified atom stereocenters. The number of halogens is 6. The summed E-state index contributed by atoms with van der Waals surface area (Å²) in [5.41, 5.74) is -1.24. The minimum Gasteiger partial charge on any atom is -0.323 e. The predicted molar refractivity (Wildman–Crippen MR) is 93.3 cm³/mol. The highest BCUT2D eigenvalue weighted by Crippen LogP contribution is 2.34. The van der Waals surface area contributed by atoms with E-state index >= 15 is 0 Å². The van der Waals surface area contributed by atoms with Gasteiger partial charge < -0.3 is 5.32 Å². The van der Waals surface area contributed by atoms with E-state index in [0.717, 1.165) is 40.6 Å². The van der Waals surface area contributed by atoms with E-state index in [1.165, 1.54) is 6.92 Å². The van der Waals surface area contributed by atoms with Crippen LogP contribution in [0.15, 0.2) is 35.6 Å². The van der Waals surface area contributed by atoms with Crippen molar-refractivity contribution in [2.24, 2.45) is 0 Å². The molecule has 1 amide bonds. The summed E-state index contributed by atoms with van der Waals surface area (Å²) in [7, 11) is 0. The van der Waals surface area contributed by atoms with E-state index in [0.29, 0.717) is 6.07 Å². The summed E-state index contributed by atoms with van der Waals surface area (Å²) in [5.74, 6) is -2.42. The van der Waals surface area contributed by atoms with Crippen molar-refractivity contribution in [3.8, 4) is 0 Å². The van der Waals surface area contributed by atoms with Gasteiger partial charge in [0.2, 0.25) is 5.91 Å². The molecular weight excluding hydrogens is 427 g/mol. The fourth-order valence-corrected chi connectivity index (χ4v) is 3.28. The molecule has 12 heteroatoms. The molecule has 2 heterocycles. The van der Waals surface area contributed by atoms with Crippen LogP contribution in [-0.2, 0) is 11.0 Å². The lowest BCUT2D eigenvalue weighted by atomic mass is 10.3. The maximum Gasteiger partial charge on any atom is 0.417 e. The van der Waals surface area contributed by atoms with Gasteiger partial charge in [0.25, 0.3) is 0 Å². The second-order valence-electron chi connectivity index (χ2n) is 5.62. The maximum absolute atomic E-state index is 13.7. The molecule has 3 rings (SSSR count). The van der Waals surface area contributed by atoms with Gasteiger partial charge >= 0.3 is 6.18 Å². The molecule has 0 radical (unpaired) electrons. The van der Waals surface area contributed by atoms with Crippen molar-refractivity contribution in [1.29, 1.82) is 0 Å². The molecular formula is C16H10ClF5N4OS. The summed E-state index contributed by atoms with van der Waals surface area (Å²) in [4.78, 5) is 12.2. The molecule has 3 aromatic rings. The third kappa shape index (κ3) is 4.20. The van der Waals surface area contributed by atoms with Gasteiger partial charge in [0.05, 0.1) is 21.5 Å². The molecule has 1 N–H and O–H groups in total. The third-order valence-electron chi connectivity index (χ3n) is 3.60. The van der Waals surface area contributed by atoms with Crippen LogP contribution >= 0.6 is 23.4 Å². The van der Waals surface area contributed by atoms with Crippen LogP contribution in [0.3, 0.4) is 0 Å². The standard InChI is InChI=1S/C16H10ClF5N4OS/c1-7(14(27)23-12-3-2-9(18)5-11(12)19)28-15-25-24-13-10(17)4-8(6-26(13)15)16(20,21)22/h2-7H,1H3,(H,23,27). The number of hydrogen-bond acceptors (Lipinski definition) is 4. The number of hydrogen-bond donors (Lipinski definition) is 1. The normalized spacial score (nSPS) is 13.0. The number of carbonyl (C=O) groups excluding carboxylic acids is 1. The molecule has 0 spiro atoms. The molecule has 1 atom stereocenters. The number of carbonyl (C=O) groups is 1. The van der Waals surface area contributed by atoms with Gasteiger partial charge in [-0.1, -0.05) is 23.4 Å². The molecule has 0 bridgehead atoms. The molecule has 0 saturated carbocycles. The minimum atomic E-state index is -4.63. The number of anilines is 1. The molecule has 28 heavy (non-hydrogen) atoms. The SMILES string of the molecule is CC(Sc1nnc2c(Cl)cc(C(F)(F)F)cn12)C(=O)Nc1ccc(F)cc1F. The summed E-state index contributed by atoms with van der Waals surface area (Å²) in [6, 6.07) is 3.37. The van der Waals surface area contributed by atoms with E-state index in [1.54, 1.807) is 0 Å². The number of fused-ring (bicyclic) bond motifs is 1. The Morgan fingerprint density at radius 1 is 1.25 bits per heavy atom. The van der Waals surface area contributed by atoms with Crippen molar-refractivity contribution in [2.75, 3.05) is 5.32 Å². The minimum absolute atomic E-state index is 0.00523. The number of rotatable bonds is 4. The zero-order chi connectivity index (χ0) is 20.6. The Morgan fingerprint density at radius 3 is 2.61 bits per heavy atom. The van der Waals surface area contributed by atoms with E-state index in [-0.39, 0.29) is 21.5 Å².